The maximum atomic E-state index is 10.8. The third-order valence-corrected chi connectivity index (χ3v) is 4.05. The van der Waals surface area contributed by atoms with E-state index in [1.165, 1.54) is 11.3 Å². The Kier molecular flexibility index (Phi) is 3.81. The van der Waals surface area contributed by atoms with Crippen LogP contribution in [0.2, 0.25) is 5.02 Å². The molecule has 1 fully saturated rings. The number of rotatable bonds is 3. The van der Waals surface area contributed by atoms with E-state index >= 15 is 0 Å². The van der Waals surface area contributed by atoms with Crippen molar-refractivity contribution < 1.29 is 14.6 Å². The highest BCUT2D eigenvalue weighted by Gasteiger charge is 2.18. The fourth-order valence-electron chi connectivity index (χ4n) is 1.63. The van der Waals surface area contributed by atoms with E-state index in [1.807, 2.05) is 5.38 Å². The molecule has 1 saturated heterocycles. The van der Waals surface area contributed by atoms with Crippen molar-refractivity contribution in [2.45, 2.75) is 6.54 Å². The molecule has 16 heavy (non-hydrogen) atoms. The summed E-state index contributed by atoms with van der Waals surface area (Å²) < 4.78 is 5.24. The van der Waals surface area contributed by atoms with Gasteiger partial charge in [-0.15, -0.1) is 11.3 Å². The minimum Gasteiger partial charge on any atom is -0.477 e. The second kappa shape index (κ2) is 5.14. The zero-order chi connectivity index (χ0) is 11.5. The summed E-state index contributed by atoms with van der Waals surface area (Å²) in [5.74, 6) is -0.955. The number of nitrogens with zero attached hydrogens (tertiary/aromatic N) is 1. The molecular weight excluding hydrogens is 250 g/mol. The molecule has 1 N–H and O–H groups in total. The zero-order valence-corrected chi connectivity index (χ0v) is 10.2. The Morgan fingerprint density at radius 1 is 1.56 bits per heavy atom. The van der Waals surface area contributed by atoms with Gasteiger partial charge in [0, 0.05) is 19.6 Å². The van der Waals surface area contributed by atoms with E-state index in [9.17, 15) is 4.79 Å². The largest absolute Gasteiger partial charge is 0.477 e. The number of ether oxygens (including phenoxy) is 1. The first-order chi connectivity index (χ1) is 7.68. The Labute approximate surface area is 102 Å². The molecule has 2 heterocycles. The fraction of sp³-hybridized carbons (Fsp3) is 0.500. The van der Waals surface area contributed by atoms with Gasteiger partial charge in [0.2, 0.25) is 0 Å². The van der Waals surface area contributed by atoms with E-state index in [4.69, 9.17) is 21.4 Å². The van der Waals surface area contributed by atoms with Crippen molar-refractivity contribution in [3.05, 3.63) is 20.8 Å². The van der Waals surface area contributed by atoms with Crippen LogP contribution in [0, 0.1) is 0 Å². The van der Waals surface area contributed by atoms with Gasteiger partial charge in [0.05, 0.1) is 18.2 Å². The van der Waals surface area contributed by atoms with Crippen LogP contribution in [0.4, 0.5) is 0 Å². The molecule has 0 saturated carbocycles. The van der Waals surface area contributed by atoms with Gasteiger partial charge < -0.3 is 9.84 Å². The van der Waals surface area contributed by atoms with Crippen molar-refractivity contribution in [1.82, 2.24) is 4.90 Å². The number of carboxylic acid groups (broad SMARTS) is 1. The molecular formula is C10H12ClNO3S. The van der Waals surface area contributed by atoms with E-state index in [0.29, 0.717) is 11.6 Å². The second-order valence-corrected chi connectivity index (χ2v) is 4.86. The van der Waals surface area contributed by atoms with Gasteiger partial charge >= 0.3 is 5.97 Å². The summed E-state index contributed by atoms with van der Waals surface area (Å²) >= 11 is 7.19. The monoisotopic (exact) mass is 261 g/mol. The first-order valence-corrected chi connectivity index (χ1v) is 6.23. The third kappa shape index (κ3) is 2.55. The number of carboxylic acids is 1. The van der Waals surface area contributed by atoms with Gasteiger partial charge in [-0.2, -0.15) is 0 Å². The van der Waals surface area contributed by atoms with Gasteiger partial charge in [0.15, 0.2) is 0 Å². The van der Waals surface area contributed by atoms with E-state index in [1.54, 1.807) is 0 Å². The van der Waals surface area contributed by atoms with Crippen LogP contribution in [-0.4, -0.2) is 42.3 Å². The highest BCUT2D eigenvalue weighted by atomic mass is 35.5. The lowest BCUT2D eigenvalue weighted by Crippen LogP contribution is -2.35. The first-order valence-electron chi connectivity index (χ1n) is 4.97. The van der Waals surface area contributed by atoms with Gasteiger partial charge in [-0.25, -0.2) is 4.79 Å². The van der Waals surface area contributed by atoms with E-state index < -0.39 is 5.97 Å². The Bertz CT molecular complexity index is 387. The number of halogens is 1. The molecule has 0 unspecified atom stereocenters. The number of hydrogen-bond acceptors (Lipinski definition) is 4. The van der Waals surface area contributed by atoms with Crippen molar-refractivity contribution in [3.63, 3.8) is 0 Å². The number of carbonyl (C=O) groups is 1. The van der Waals surface area contributed by atoms with Gasteiger partial charge in [-0.1, -0.05) is 11.6 Å². The molecule has 6 heteroatoms. The topological polar surface area (TPSA) is 49.8 Å². The molecule has 0 aromatic carbocycles. The molecule has 0 amide bonds. The molecule has 0 aliphatic carbocycles. The average molecular weight is 262 g/mol. The number of hydrogen-bond donors (Lipinski definition) is 1. The Morgan fingerprint density at radius 2 is 2.25 bits per heavy atom. The van der Waals surface area contributed by atoms with Crippen LogP contribution >= 0.6 is 22.9 Å². The third-order valence-electron chi connectivity index (χ3n) is 2.49. The summed E-state index contributed by atoms with van der Waals surface area (Å²) in [4.78, 5) is 13.3. The van der Waals surface area contributed by atoms with E-state index in [0.717, 1.165) is 31.9 Å². The van der Waals surface area contributed by atoms with Crippen molar-refractivity contribution in [2.75, 3.05) is 26.3 Å². The molecule has 4 nitrogen and oxygen atoms in total. The zero-order valence-electron chi connectivity index (χ0n) is 8.61. The Hall–Kier alpha value is -0.620. The maximum absolute atomic E-state index is 10.8. The molecule has 88 valence electrons. The van der Waals surface area contributed by atoms with Crippen LogP contribution in [0.25, 0.3) is 0 Å². The van der Waals surface area contributed by atoms with Crippen molar-refractivity contribution in [2.24, 2.45) is 0 Å². The van der Waals surface area contributed by atoms with Crippen LogP contribution in [0.5, 0.6) is 0 Å². The number of aromatic carboxylic acids is 1. The molecule has 0 spiro atoms. The van der Waals surface area contributed by atoms with Crippen molar-refractivity contribution in [3.8, 4) is 0 Å². The minimum atomic E-state index is -0.955. The van der Waals surface area contributed by atoms with Crippen LogP contribution < -0.4 is 0 Å². The quantitative estimate of drug-likeness (QED) is 0.903. The molecule has 1 aliphatic rings. The van der Waals surface area contributed by atoms with E-state index in [-0.39, 0.29) is 4.88 Å². The predicted octanol–water partition coefficient (Wildman–Crippen LogP) is 1.93. The maximum Gasteiger partial charge on any atom is 0.347 e. The Balaban J connectivity index is 2.06. The first kappa shape index (κ1) is 11.9. The summed E-state index contributed by atoms with van der Waals surface area (Å²) in [7, 11) is 0. The lowest BCUT2D eigenvalue weighted by Gasteiger charge is -2.26. The van der Waals surface area contributed by atoms with Crippen LogP contribution in [-0.2, 0) is 11.3 Å². The molecule has 1 aromatic rings. The van der Waals surface area contributed by atoms with Gasteiger partial charge in [0.1, 0.15) is 4.88 Å². The predicted molar refractivity (Wildman–Crippen MR) is 62.4 cm³/mol. The smallest absolute Gasteiger partial charge is 0.347 e. The van der Waals surface area contributed by atoms with Crippen LogP contribution in [0.3, 0.4) is 0 Å². The second-order valence-electron chi connectivity index (χ2n) is 3.60. The molecule has 1 aromatic heterocycles. The number of thiophene rings is 1. The normalized spacial score (nSPS) is 17.6. The van der Waals surface area contributed by atoms with Gasteiger partial charge in [-0.05, 0) is 10.9 Å². The van der Waals surface area contributed by atoms with Gasteiger partial charge in [0.25, 0.3) is 0 Å². The minimum absolute atomic E-state index is 0.227. The van der Waals surface area contributed by atoms with Gasteiger partial charge in [-0.3, -0.25) is 4.90 Å². The summed E-state index contributed by atoms with van der Waals surface area (Å²) in [5, 5.41) is 11.1. The molecule has 0 bridgehead atoms. The highest BCUT2D eigenvalue weighted by molar-refractivity contribution is 7.12. The summed E-state index contributed by atoms with van der Waals surface area (Å²) in [6, 6.07) is 0. The summed E-state index contributed by atoms with van der Waals surface area (Å²) in [5.41, 5.74) is 0.894. The molecule has 0 atom stereocenters. The van der Waals surface area contributed by atoms with Crippen molar-refractivity contribution in [1.29, 1.82) is 0 Å². The summed E-state index contributed by atoms with van der Waals surface area (Å²) in [6.07, 6.45) is 0. The standard InChI is InChI=1S/C10H12ClNO3S/c11-8-7(6-16-9(8)10(13)14)5-12-1-3-15-4-2-12/h6H,1-5H2,(H,13,14). The molecule has 1 aliphatic heterocycles. The molecule has 0 radical (unpaired) electrons. The Morgan fingerprint density at radius 3 is 2.81 bits per heavy atom. The average Bonchev–Trinajstić information content (AvgIpc) is 2.62. The van der Waals surface area contributed by atoms with Crippen LogP contribution in [0.15, 0.2) is 5.38 Å². The van der Waals surface area contributed by atoms with E-state index in [2.05, 4.69) is 4.90 Å². The van der Waals surface area contributed by atoms with Crippen molar-refractivity contribution >= 4 is 28.9 Å². The fourth-order valence-corrected chi connectivity index (χ4v) is 2.81. The lowest BCUT2D eigenvalue weighted by atomic mass is 10.2. The molecule has 2 rings (SSSR count). The highest BCUT2D eigenvalue weighted by Crippen LogP contribution is 2.29. The SMILES string of the molecule is O=C(O)c1scc(CN2CCOCC2)c1Cl. The lowest BCUT2D eigenvalue weighted by molar-refractivity contribution is 0.0342. The summed E-state index contributed by atoms with van der Waals surface area (Å²) in [6.45, 7) is 3.90. The number of morpholine rings is 1. The van der Waals surface area contributed by atoms with Crippen LogP contribution in [0.1, 0.15) is 15.2 Å².